The summed E-state index contributed by atoms with van der Waals surface area (Å²) in [4.78, 5) is 12.6. The fourth-order valence-corrected chi connectivity index (χ4v) is 3.13. The lowest BCUT2D eigenvalue weighted by Crippen LogP contribution is -2.40. The molecule has 0 N–H and O–H groups in total. The van der Waals surface area contributed by atoms with E-state index in [0.717, 1.165) is 16.2 Å². The second-order valence-electron chi connectivity index (χ2n) is 6.51. The molecule has 0 fully saturated rings. The minimum Gasteiger partial charge on any atom is -0.379 e. The number of Topliss-reactive ketones (excluding diaryl/α,β-unsaturated/α-hetero) is 1. The summed E-state index contributed by atoms with van der Waals surface area (Å²) >= 11 is 6.80. The van der Waals surface area contributed by atoms with Crippen molar-refractivity contribution in [1.82, 2.24) is 0 Å². The van der Waals surface area contributed by atoms with E-state index in [1.165, 1.54) is 11.8 Å². The molecular weight excluding hydrogens is 340 g/mol. The summed E-state index contributed by atoms with van der Waals surface area (Å²) in [5.41, 5.74) is -0.0453. The zero-order chi connectivity index (χ0) is 18.2. The first kappa shape index (κ1) is 21.3. The summed E-state index contributed by atoms with van der Waals surface area (Å²) in [7, 11) is 1.69. The summed E-state index contributed by atoms with van der Waals surface area (Å²) in [5.74, 6) is 0.398. The van der Waals surface area contributed by atoms with Crippen molar-refractivity contribution in [3.05, 3.63) is 35.9 Å². The summed E-state index contributed by atoms with van der Waals surface area (Å²) in [6.45, 7) is 8.34. The van der Waals surface area contributed by atoms with Crippen LogP contribution in [0.3, 0.4) is 0 Å². The molecule has 0 aliphatic carbocycles. The molecule has 0 heterocycles. The Kier molecular flexibility index (Phi) is 8.57. The molecule has 24 heavy (non-hydrogen) atoms. The van der Waals surface area contributed by atoms with Crippen molar-refractivity contribution >= 4 is 34.0 Å². The molecule has 0 radical (unpaired) electrons. The van der Waals surface area contributed by atoms with Crippen LogP contribution in [0, 0.1) is 0 Å². The van der Waals surface area contributed by atoms with Crippen LogP contribution in [-0.4, -0.2) is 40.7 Å². The number of hydrogen-bond acceptors (Lipinski definition) is 5. The van der Waals surface area contributed by atoms with Crippen molar-refractivity contribution in [2.45, 2.75) is 51.7 Å². The Hall–Kier alpha value is -0.750. The van der Waals surface area contributed by atoms with Crippen LogP contribution in [0.1, 0.15) is 46.1 Å². The van der Waals surface area contributed by atoms with Gasteiger partial charge in [-0.1, -0.05) is 49.5 Å². The second kappa shape index (κ2) is 9.66. The monoisotopic (exact) mass is 368 g/mol. The molecule has 0 amide bonds. The number of carbonyl (C=O) groups excluding carboxylic acids is 1. The average molecular weight is 369 g/mol. The Morgan fingerprint density at radius 3 is 2.38 bits per heavy atom. The normalized spacial score (nSPS) is 14.2. The Bertz CT molecular complexity index is 543. The zero-order valence-electron chi connectivity index (χ0n) is 15.3. The number of rotatable bonds is 10. The van der Waals surface area contributed by atoms with E-state index in [1.54, 1.807) is 7.11 Å². The highest BCUT2D eigenvalue weighted by Gasteiger charge is 2.32. The van der Waals surface area contributed by atoms with Gasteiger partial charge in [-0.2, -0.15) is 0 Å². The van der Waals surface area contributed by atoms with E-state index < -0.39 is 5.60 Å². The first-order chi connectivity index (χ1) is 11.2. The molecule has 0 aliphatic heterocycles. The Balaban J connectivity index is 2.54. The fraction of sp³-hybridized carbons (Fsp3) is 0.579. The summed E-state index contributed by atoms with van der Waals surface area (Å²) in [6, 6.07) is 9.76. The van der Waals surface area contributed by atoms with Crippen molar-refractivity contribution in [2.24, 2.45) is 0 Å². The van der Waals surface area contributed by atoms with Gasteiger partial charge in [-0.3, -0.25) is 4.79 Å². The van der Waals surface area contributed by atoms with Crippen molar-refractivity contribution in [3.63, 3.8) is 0 Å². The van der Waals surface area contributed by atoms with E-state index in [4.69, 9.17) is 21.7 Å². The molecule has 0 aromatic heterocycles. The quantitative estimate of drug-likeness (QED) is 0.561. The molecule has 0 spiro atoms. The summed E-state index contributed by atoms with van der Waals surface area (Å²) < 4.78 is 12.1. The number of benzene rings is 1. The van der Waals surface area contributed by atoms with E-state index in [2.05, 4.69) is 0 Å². The molecule has 0 saturated heterocycles. The third-order valence-corrected chi connectivity index (χ3v) is 5.78. The number of carbonyl (C=O) groups is 1. The molecule has 1 aromatic carbocycles. The predicted molar refractivity (Wildman–Crippen MR) is 106 cm³/mol. The first-order valence-electron chi connectivity index (χ1n) is 8.18. The highest BCUT2D eigenvalue weighted by atomic mass is 32.2. The molecule has 1 aromatic rings. The van der Waals surface area contributed by atoms with E-state index in [1.807, 2.05) is 58.0 Å². The van der Waals surface area contributed by atoms with E-state index in [-0.39, 0.29) is 11.4 Å². The fourth-order valence-electron chi connectivity index (χ4n) is 1.95. The van der Waals surface area contributed by atoms with Gasteiger partial charge in [0.15, 0.2) is 5.78 Å². The van der Waals surface area contributed by atoms with Crippen LogP contribution < -0.4 is 0 Å². The van der Waals surface area contributed by atoms with Gasteiger partial charge < -0.3 is 9.47 Å². The van der Waals surface area contributed by atoms with Crippen LogP contribution in [0.4, 0.5) is 0 Å². The number of methoxy groups -OCH3 is 1. The van der Waals surface area contributed by atoms with Gasteiger partial charge >= 0.3 is 0 Å². The van der Waals surface area contributed by atoms with Crippen LogP contribution in [0.5, 0.6) is 0 Å². The molecule has 3 nitrogen and oxygen atoms in total. The molecule has 5 heteroatoms. The second-order valence-corrected chi connectivity index (χ2v) is 8.16. The lowest BCUT2D eigenvalue weighted by molar-refractivity contribution is -0.142. The van der Waals surface area contributed by atoms with Gasteiger partial charge in [0.2, 0.25) is 0 Å². The van der Waals surface area contributed by atoms with Gasteiger partial charge in [0.1, 0.15) is 5.60 Å². The molecule has 1 rings (SSSR count). The topological polar surface area (TPSA) is 35.5 Å². The smallest absolute Gasteiger partial charge is 0.174 e. The molecule has 0 aliphatic rings. The molecule has 0 bridgehead atoms. The minimum atomic E-state index is -0.775. The minimum absolute atomic E-state index is 0.0727. The summed E-state index contributed by atoms with van der Waals surface area (Å²) in [5, 5.41) is 0. The van der Waals surface area contributed by atoms with Crippen molar-refractivity contribution in [2.75, 3.05) is 19.5 Å². The standard InChI is InChI=1S/C19H28O3S2/c1-6-19(4,22-13-12-18(2,3)21-5)16(20)14-24-17(23)15-10-8-7-9-11-15/h7-11H,6,12-14H2,1-5H3. The van der Waals surface area contributed by atoms with E-state index in [0.29, 0.717) is 18.8 Å². The number of ketones is 1. The summed E-state index contributed by atoms with van der Waals surface area (Å²) in [6.07, 6.45) is 1.37. The van der Waals surface area contributed by atoms with E-state index in [9.17, 15) is 4.79 Å². The van der Waals surface area contributed by atoms with Crippen molar-refractivity contribution in [3.8, 4) is 0 Å². The molecule has 1 atom stereocenters. The maximum atomic E-state index is 12.6. The predicted octanol–water partition coefficient (Wildman–Crippen LogP) is 4.66. The Morgan fingerprint density at radius 2 is 1.83 bits per heavy atom. The van der Waals surface area contributed by atoms with Gasteiger partial charge in [-0.25, -0.2) is 0 Å². The first-order valence-corrected chi connectivity index (χ1v) is 9.58. The Labute approximate surface area is 155 Å². The third-order valence-electron chi connectivity index (χ3n) is 4.29. The largest absolute Gasteiger partial charge is 0.379 e. The highest BCUT2D eigenvalue weighted by molar-refractivity contribution is 8.24. The maximum Gasteiger partial charge on any atom is 0.174 e. The Morgan fingerprint density at radius 1 is 1.21 bits per heavy atom. The van der Waals surface area contributed by atoms with Crippen molar-refractivity contribution < 1.29 is 14.3 Å². The van der Waals surface area contributed by atoms with Crippen LogP contribution in [-0.2, 0) is 14.3 Å². The van der Waals surface area contributed by atoms with Gasteiger partial charge in [-0.15, -0.1) is 11.8 Å². The van der Waals surface area contributed by atoms with Crippen LogP contribution in [0.15, 0.2) is 30.3 Å². The lowest BCUT2D eigenvalue weighted by atomic mass is 9.98. The molecule has 134 valence electrons. The number of hydrogen-bond donors (Lipinski definition) is 0. The molecular formula is C19H28O3S2. The third kappa shape index (κ3) is 6.63. The van der Waals surface area contributed by atoms with Gasteiger partial charge in [-0.05, 0) is 39.2 Å². The van der Waals surface area contributed by atoms with Gasteiger partial charge in [0.05, 0.1) is 22.2 Å². The molecule has 0 saturated carbocycles. The van der Waals surface area contributed by atoms with Gasteiger partial charge in [0.25, 0.3) is 0 Å². The SMILES string of the molecule is CCC(C)(OCCC(C)(C)OC)C(=O)CSC(=S)c1ccccc1. The lowest BCUT2D eigenvalue weighted by Gasteiger charge is -2.30. The van der Waals surface area contributed by atoms with Crippen LogP contribution >= 0.6 is 24.0 Å². The maximum absolute atomic E-state index is 12.6. The van der Waals surface area contributed by atoms with Gasteiger partial charge in [0, 0.05) is 7.11 Å². The highest BCUT2D eigenvalue weighted by Crippen LogP contribution is 2.23. The average Bonchev–Trinajstić information content (AvgIpc) is 2.59. The van der Waals surface area contributed by atoms with Crippen LogP contribution in [0.25, 0.3) is 0 Å². The zero-order valence-corrected chi connectivity index (χ0v) is 16.9. The van der Waals surface area contributed by atoms with Crippen LogP contribution in [0.2, 0.25) is 0 Å². The number of thiocarbonyl (C=S) groups is 1. The van der Waals surface area contributed by atoms with E-state index >= 15 is 0 Å². The number of ether oxygens (including phenoxy) is 2. The van der Waals surface area contributed by atoms with Crippen molar-refractivity contribution in [1.29, 1.82) is 0 Å². The molecule has 1 unspecified atom stereocenters. The number of thioether (sulfide) groups is 1.